The zero-order valence-corrected chi connectivity index (χ0v) is 13.9. The van der Waals surface area contributed by atoms with E-state index >= 15 is 0 Å². The second-order valence-corrected chi connectivity index (χ2v) is 4.18. The molecule has 0 fully saturated rings. The topological polar surface area (TPSA) is 116 Å². The second-order valence-electron chi connectivity index (χ2n) is 3.59. The molecule has 7 nitrogen and oxygen atoms in total. The van der Waals surface area contributed by atoms with Crippen LogP contribution in [-0.2, 0) is 12.8 Å². The van der Waals surface area contributed by atoms with E-state index in [1.807, 2.05) is 0 Å². The molecule has 0 heterocycles. The fraction of sp³-hybridized carbons (Fsp3) is 0.875. The Labute approximate surface area is 139 Å². The van der Waals surface area contributed by atoms with E-state index in [1.165, 1.54) is 11.9 Å². The van der Waals surface area contributed by atoms with Crippen LogP contribution in [0.2, 0.25) is 0 Å². The standard InChI is InChI=1S/C8H17N2O5S2.Na/c1-10(8(16)9-17)2-4(12)6(14)7(15)5(13)3-11;/h4-7,11-15H,2-3H2,1H3,(H-,9,16,17);/q-1;+1/t4-,5+,6+,7+;/m0./s1. The molecule has 0 amide bonds. The summed E-state index contributed by atoms with van der Waals surface area (Å²) in [5, 5.41) is 46.3. The fourth-order valence-electron chi connectivity index (χ4n) is 1.11. The Balaban J connectivity index is 0. The quantitative estimate of drug-likeness (QED) is 0.162. The zero-order valence-electron chi connectivity index (χ0n) is 10.2. The summed E-state index contributed by atoms with van der Waals surface area (Å²) in [6, 6.07) is 0. The van der Waals surface area contributed by atoms with E-state index in [4.69, 9.17) is 22.4 Å². The third-order valence-corrected chi connectivity index (χ3v) is 2.96. The van der Waals surface area contributed by atoms with Crippen LogP contribution in [0.3, 0.4) is 0 Å². The van der Waals surface area contributed by atoms with E-state index < -0.39 is 31.0 Å². The minimum absolute atomic E-state index is 0. The SMILES string of the molecule is CN(C[C@H](O)[C@@H](O)[C@H](O)[C@H](O)CO)C(=S)N[S-].[Na+]. The summed E-state index contributed by atoms with van der Waals surface area (Å²) in [6.45, 7) is -0.800. The number of hydrogen-bond donors (Lipinski definition) is 6. The predicted octanol–water partition coefficient (Wildman–Crippen LogP) is -6.31. The number of thiocarbonyl (C=S) groups is 1. The summed E-state index contributed by atoms with van der Waals surface area (Å²) in [5.41, 5.74) is 0. The van der Waals surface area contributed by atoms with Crippen molar-refractivity contribution in [1.29, 1.82) is 0 Å². The van der Waals surface area contributed by atoms with E-state index in [0.717, 1.165) is 0 Å². The maximum Gasteiger partial charge on any atom is 1.00 e. The van der Waals surface area contributed by atoms with Gasteiger partial charge in [-0.3, -0.25) is 0 Å². The molecule has 6 N–H and O–H groups in total. The molecule has 0 aromatic heterocycles. The maximum absolute atomic E-state index is 9.58. The van der Waals surface area contributed by atoms with Crippen LogP contribution < -0.4 is 34.3 Å². The molecule has 18 heavy (non-hydrogen) atoms. The van der Waals surface area contributed by atoms with Crippen molar-refractivity contribution in [2.24, 2.45) is 0 Å². The molecule has 0 saturated carbocycles. The first kappa shape index (κ1) is 21.1. The number of hydrogen-bond acceptors (Lipinski definition) is 7. The molecule has 0 spiro atoms. The third-order valence-electron chi connectivity index (χ3n) is 2.22. The first-order chi connectivity index (χ1) is 7.84. The van der Waals surface area contributed by atoms with Gasteiger partial charge in [-0.2, -0.15) is 0 Å². The van der Waals surface area contributed by atoms with Crippen LogP contribution in [0.25, 0.3) is 0 Å². The first-order valence-corrected chi connectivity index (χ1v) is 5.63. The number of aliphatic hydroxyl groups excluding tert-OH is 5. The molecular weight excluding hydrogens is 291 g/mol. The molecular formula is C8H17N2NaO5S2. The number of aliphatic hydroxyl groups is 5. The molecule has 0 aliphatic rings. The van der Waals surface area contributed by atoms with Gasteiger partial charge in [0.05, 0.1) is 6.61 Å². The Morgan fingerprint density at radius 1 is 1.22 bits per heavy atom. The summed E-state index contributed by atoms with van der Waals surface area (Å²) in [6.07, 6.45) is -6.12. The Kier molecular flexibility index (Phi) is 12.5. The van der Waals surface area contributed by atoms with Crippen molar-refractivity contribution >= 4 is 30.1 Å². The van der Waals surface area contributed by atoms with Crippen molar-refractivity contribution < 1.29 is 55.1 Å². The van der Waals surface area contributed by atoms with Gasteiger partial charge in [0.1, 0.15) is 29.5 Å². The van der Waals surface area contributed by atoms with Crippen molar-refractivity contribution in [3.8, 4) is 0 Å². The largest absolute Gasteiger partial charge is 1.00 e. The summed E-state index contributed by atoms with van der Waals surface area (Å²) >= 11 is 9.27. The van der Waals surface area contributed by atoms with Crippen molar-refractivity contribution in [2.75, 3.05) is 20.2 Å². The first-order valence-electron chi connectivity index (χ1n) is 4.81. The van der Waals surface area contributed by atoms with Gasteiger partial charge in [-0.05, 0) is 12.2 Å². The molecule has 0 unspecified atom stereocenters. The molecule has 4 atom stereocenters. The van der Waals surface area contributed by atoms with Gasteiger partial charge in [-0.25, -0.2) is 0 Å². The van der Waals surface area contributed by atoms with Crippen molar-refractivity contribution in [3.05, 3.63) is 0 Å². The molecule has 0 bridgehead atoms. The Hall–Kier alpha value is 0.840. The average molecular weight is 308 g/mol. The number of rotatable bonds is 6. The Bertz CT molecular complexity index is 252. The fourth-order valence-corrected chi connectivity index (χ4v) is 1.34. The summed E-state index contributed by atoms with van der Waals surface area (Å²) < 4.78 is 2.27. The smallest absolute Gasteiger partial charge is 0.668 e. The van der Waals surface area contributed by atoms with Gasteiger partial charge in [-0.1, -0.05) is 0 Å². The molecule has 0 aliphatic heterocycles. The molecule has 0 rings (SSSR count). The van der Waals surface area contributed by atoms with Crippen molar-refractivity contribution in [2.45, 2.75) is 24.4 Å². The van der Waals surface area contributed by atoms with E-state index in [-0.39, 0.29) is 41.2 Å². The zero-order chi connectivity index (χ0) is 13.6. The van der Waals surface area contributed by atoms with Gasteiger partial charge in [0.25, 0.3) is 0 Å². The van der Waals surface area contributed by atoms with Crippen LogP contribution in [0.15, 0.2) is 0 Å². The number of nitrogens with zero attached hydrogens (tertiary/aromatic N) is 1. The van der Waals surface area contributed by atoms with Gasteiger partial charge in [0.15, 0.2) is 0 Å². The van der Waals surface area contributed by atoms with E-state index in [9.17, 15) is 15.3 Å². The monoisotopic (exact) mass is 308 g/mol. The van der Waals surface area contributed by atoms with Gasteiger partial charge >= 0.3 is 29.6 Å². The molecule has 10 heteroatoms. The van der Waals surface area contributed by atoms with Crippen LogP contribution >= 0.6 is 12.2 Å². The van der Waals surface area contributed by atoms with E-state index in [0.29, 0.717) is 0 Å². The Morgan fingerprint density at radius 2 is 1.67 bits per heavy atom. The second kappa shape index (κ2) is 10.6. The summed E-state index contributed by atoms with van der Waals surface area (Å²) in [4.78, 5) is 1.37. The van der Waals surface area contributed by atoms with Gasteiger partial charge in [-0.15, -0.1) is 0 Å². The number of nitrogens with one attached hydrogen (secondary N) is 1. The molecule has 0 aliphatic carbocycles. The van der Waals surface area contributed by atoms with Gasteiger partial charge < -0.3 is 48.0 Å². The van der Waals surface area contributed by atoms with Gasteiger partial charge in [0.2, 0.25) is 0 Å². The minimum atomic E-state index is -1.64. The summed E-state index contributed by atoms with van der Waals surface area (Å²) in [5.74, 6) is 0. The van der Waals surface area contributed by atoms with E-state index in [1.54, 1.807) is 0 Å². The maximum atomic E-state index is 9.58. The third kappa shape index (κ3) is 6.85. The normalized spacial score (nSPS) is 17.1. The van der Waals surface area contributed by atoms with Crippen LogP contribution in [0.1, 0.15) is 0 Å². The Morgan fingerprint density at radius 3 is 2.06 bits per heavy atom. The summed E-state index contributed by atoms with van der Waals surface area (Å²) in [7, 11) is 1.53. The van der Waals surface area contributed by atoms with Gasteiger partial charge in [0, 0.05) is 13.6 Å². The van der Waals surface area contributed by atoms with E-state index in [2.05, 4.69) is 17.5 Å². The van der Waals surface area contributed by atoms with Crippen LogP contribution in [-0.4, -0.2) is 80.2 Å². The molecule has 0 radical (unpaired) electrons. The molecule has 0 aromatic carbocycles. The number of likely N-dealkylation sites (N-methyl/N-ethyl adjacent to an activating group) is 1. The molecule has 102 valence electrons. The molecule has 0 saturated heterocycles. The van der Waals surface area contributed by atoms with Crippen LogP contribution in [0.5, 0.6) is 0 Å². The predicted molar refractivity (Wildman–Crippen MR) is 66.8 cm³/mol. The average Bonchev–Trinajstić information content (AvgIpc) is 2.34. The molecule has 0 aromatic rings. The van der Waals surface area contributed by atoms with Crippen molar-refractivity contribution in [1.82, 2.24) is 9.62 Å². The van der Waals surface area contributed by atoms with Crippen LogP contribution in [0, 0.1) is 0 Å². The minimum Gasteiger partial charge on any atom is -0.668 e. The van der Waals surface area contributed by atoms with Crippen molar-refractivity contribution in [3.63, 3.8) is 0 Å². The van der Waals surface area contributed by atoms with Crippen LogP contribution in [0.4, 0.5) is 0 Å².